The number of aryl methyl sites for hydroxylation is 4. The van der Waals surface area contributed by atoms with Gasteiger partial charge in [0.2, 0.25) is 0 Å². The lowest BCUT2D eigenvalue weighted by Crippen LogP contribution is -1.97. The molecule has 0 radical (unpaired) electrons. The van der Waals surface area contributed by atoms with Crippen molar-refractivity contribution in [3.63, 3.8) is 0 Å². The first kappa shape index (κ1) is 71.6. The predicted molar refractivity (Wildman–Crippen MR) is 409 cm³/mol. The fourth-order valence-electron chi connectivity index (χ4n) is 10.3. The predicted octanol–water partition coefficient (Wildman–Crippen LogP) is 25.0. The molecule has 0 bridgehead atoms. The molecule has 11 aromatic carbocycles. The van der Waals surface area contributed by atoms with Gasteiger partial charge in [-0.1, -0.05) is 353 Å². The zero-order valence-corrected chi connectivity index (χ0v) is 57.5. The van der Waals surface area contributed by atoms with Gasteiger partial charge in [-0.25, -0.2) is 4.98 Å². The van der Waals surface area contributed by atoms with E-state index in [4.69, 9.17) is 0 Å². The fraction of sp³-hybridized carbons (Fsp3) is 0.189. The van der Waals surface area contributed by atoms with Gasteiger partial charge >= 0.3 is 0 Å². The zero-order valence-electron chi connectivity index (χ0n) is 56.7. The van der Waals surface area contributed by atoms with Gasteiger partial charge in [-0.05, 0) is 134 Å². The van der Waals surface area contributed by atoms with Gasteiger partial charge in [0.1, 0.15) is 0 Å². The monoisotopic (exact) mass is 1250 g/mol. The van der Waals surface area contributed by atoms with Crippen LogP contribution in [0, 0.1) is 0 Å². The zero-order chi connectivity index (χ0) is 66.4. The third-order valence-electron chi connectivity index (χ3n) is 16.3. The summed E-state index contributed by atoms with van der Waals surface area (Å²) in [6.07, 6.45) is 7.99. The van der Waals surface area contributed by atoms with E-state index in [0.29, 0.717) is 23.7 Å². The van der Waals surface area contributed by atoms with Crippen molar-refractivity contribution in [1.29, 1.82) is 0 Å². The van der Waals surface area contributed by atoms with Gasteiger partial charge in [-0.2, -0.15) is 0 Å². The molecule has 2 atom stereocenters. The summed E-state index contributed by atoms with van der Waals surface area (Å²) < 4.78 is 1.30. The first-order valence-electron chi connectivity index (χ1n) is 33.5. The molecule has 3 aromatic heterocycles. The number of hydrogen-bond donors (Lipinski definition) is 0. The molecule has 0 amide bonds. The van der Waals surface area contributed by atoms with Crippen LogP contribution in [-0.4, -0.2) is 15.0 Å². The van der Waals surface area contributed by atoms with E-state index in [2.05, 4.69) is 350 Å². The Kier molecular flexibility index (Phi) is 31.1. The molecule has 3 heterocycles. The average Bonchev–Trinajstić information content (AvgIpc) is 2.89. The molecule has 0 saturated carbocycles. The van der Waals surface area contributed by atoms with Crippen LogP contribution in [0.1, 0.15) is 147 Å². The lowest BCUT2D eigenvalue weighted by Gasteiger charge is -2.13. The molecule has 3 nitrogen and oxygen atoms in total. The third kappa shape index (κ3) is 24.3. The van der Waals surface area contributed by atoms with Crippen LogP contribution in [0.2, 0.25) is 0 Å². The van der Waals surface area contributed by atoms with Gasteiger partial charge in [0, 0.05) is 41.5 Å². The Balaban J connectivity index is 0.000000154. The highest BCUT2D eigenvalue weighted by atomic mass is 32.1. The number of pyridine rings is 2. The van der Waals surface area contributed by atoms with E-state index in [0.717, 1.165) is 42.6 Å². The second-order valence-corrected chi connectivity index (χ2v) is 24.3. The Hall–Kier alpha value is -9.87. The fourth-order valence-corrected chi connectivity index (χ4v) is 11.2. The van der Waals surface area contributed by atoms with Crippen molar-refractivity contribution >= 4 is 43.1 Å². The Labute approximate surface area is 567 Å². The van der Waals surface area contributed by atoms with Crippen LogP contribution in [-0.2, 0) is 25.7 Å². The molecule has 476 valence electrons. The largest absolute Gasteiger partial charge is 0.261 e. The van der Waals surface area contributed by atoms with Gasteiger partial charge in [-0.3, -0.25) is 9.97 Å². The van der Waals surface area contributed by atoms with E-state index in [1.165, 1.54) is 75.8 Å². The summed E-state index contributed by atoms with van der Waals surface area (Å²) in [7, 11) is 0. The van der Waals surface area contributed by atoms with E-state index < -0.39 is 0 Å². The highest BCUT2D eigenvalue weighted by molar-refractivity contribution is 7.18. The highest BCUT2D eigenvalue weighted by Crippen LogP contribution is 2.28. The number of thiazole rings is 1. The van der Waals surface area contributed by atoms with Crippen molar-refractivity contribution in [2.45, 2.75) is 112 Å². The number of para-hydroxylation sites is 1. The minimum Gasteiger partial charge on any atom is -0.261 e. The lowest BCUT2D eigenvalue weighted by atomic mass is 9.92. The number of aromatic nitrogens is 3. The Morgan fingerprint density at radius 3 is 1.11 bits per heavy atom. The maximum absolute atomic E-state index is 4.45. The quantitative estimate of drug-likeness (QED) is 0.130. The molecule has 0 spiro atoms. The van der Waals surface area contributed by atoms with Crippen LogP contribution >= 0.6 is 11.3 Å². The minimum atomic E-state index is 0.373. The summed E-state index contributed by atoms with van der Waals surface area (Å²) in [5.41, 5.74) is 14.5. The molecule has 0 aliphatic rings. The van der Waals surface area contributed by atoms with Crippen molar-refractivity contribution in [2.75, 3.05) is 0 Å². The second-order valence-electron chi connectivity index (χ2n) is 23.2. The van der Waals surface area contributed by atoms with Gasteiger partial charge < -0.3 is 0 Å². The van der Waals surface area contributed by atoms with Gasteiger partial charge in [0.05, 0.1) is 15.2 Å². The lowest BCUT2D eigenvalue weighted by molar-refractivity contribution is 0.867. The molecule has 0 saturated heterocycles. The third-order valence-corrected chi connectivity index (χ3v) is 17.5. The van der Waals surface area contributed by atoms with Crippen LogP contribution in [0.15, 0.2) is 340 Å². The summed E-state index contributed by atoms with van der Waals surface area (Å²) in [5.74, 6) is 1.96. The van der Waals surface area contributed by atoms with E-state index in [1.807, 2.05) is 67.0 Å². The molecule has 14 aromatic rings. The van der Waals surface area contributed by atoms with Crippen LogP contribution in [0.5, 0.6) is 0 Å². The Bertz CT molecular complexity index is 4010. The van der Waals surface area contributed by atoms with Crippen molar-refractivity contribution in [1.82, 2.24) is 15.0 Å². The number of rotatable bonds is 11. The van der Waals surface area contributed by atoms with Crippen molar-refractivity contribution in [2.24, 2.45) is 0 Å². The number of benzene rings is 11. The van der Waals surface area contributed by atoms with Crippen molar-refractivity contribution in [3.05, 3.63) is 401 Å². The van der Waals surface area contributed by atoms with Crippen LogP contribution in [0.3, 0.4) is 0 Å². The Morgan fingerprint density at radius 1 is 0.287 bits per heavy atom. The number of fused-ring (bicyclic) bond motifs is 3. The minimum absolute atomic E-state index is 0.373. The summed E-state index contributed by atoms with van der Waals surface area (Å²) in [6, 6.07) is 114. The standard InChI is InChI=1S/C18H16.C14H14.C13H13N.C12H12.C9H9NS.C9H12.C8H10.C7H9N/c1-14(15-7-3-2-4-8-15)17-12-11-16-9-5-6-10-18(16)13-17;1-12(13-8-4-2-5-9-13)14-10-6-3-7-11-14;1-11(12-7-3-2-4-8-12)13-9-5-6-10-14-13;1-2-10-7-8-11-5-3-4-6-12(11)9-10;1-2-9-10-7-5-3-4-6-8(7)11-9;1-8(2)9-6-4-3-5-7-9;1-2-8-6-4-3-5-7-8;1-2-7-5-3-4-6-8-7/h2-14H,1H3;2-12H,1H3;2-11H,1H3;3-9H,2H2,1H3;3-6H,2H2,1H3;3-8H,1-2H3;3-7H,2H2,1H3;3-6H,2H2,1H3. The summed E-state index contributed by atoms with van der Waals surface area (Å²) in [6.45, 7) is 19.7. The normalized spacial score (nSPS) is 10.9. The van der Waals surface area contributed by atoms with E-state index >= 15 is 0 Å². The van der Waals surface area contributed by atoms with Gasteiger partial charge in [0.15, 0.2) is 0 Å². The summed E-state index contributed by atoms with van der Waals surface area (Å²) in [5, 5.41) is 6.53. The first-order valence-corrected chi connectivity index (χ1v) is 34.3. The van der Waals surface area contributed by atoms with E-state index in [-0.39, 0.29) is 0 Å². The molecular formula is C90H95N3S. The van der Waals surface area contributed by atoms with Gasteiger partial charge in [0.25, 0.3) is 0 Å². The van der Waals surface area contributed by atoms with Crippen LogP contribution in [0.25, 0.3) is 31.8 Å². The van der Waals surface area contributed by atoms with E-state index in [9.17, 15) is 0 Å². The molecule has 2 unspecified atom stereocenters. The van der Waals surface area contributed by atoms with Crippen LogP contribution in [0.4, 0.5) is 0 Å². The highest BCUT2D eigenvalue weighted by Gasteiger charge is 2.10. The Morgan fingerprint density at radius 2 is 0.691 bits per heavy atom. The summed E-state index contributed by atoms with van der Waals surface area (Å²) >= 11 is 1.79. The molecule has 94 heavy (non-hydrogen) atoms. The van der Waals surface area contributed by atoms with Gasteiger partial charge in [-0.15, -0.1) is 11.3 Å². The average molecular weight is 1250 g/mol. The van der Waals surface area contributed by atoms with E-state index in [1.54, 1.807) is 11.3 Å². The first-order chi connectivity index (χ1) is 46.1. The topological polar surface area (TPSA) is 38.7 Å². The number of hydrogen-bond acceptors (Lipinski definition) is 4. The summed E-state index contributed by atoms with van der Waals surface area (Å²) in [4.78, 5) is 12.9. The molecule has 0 aliphatic heterocycles. The molecule has 14 rings (SSSR count). The molecule has 0 aliphatic carbocycles. The second kappa shape index (κ2) is 40.9. The van der Waals surface area contributed by atoms with Crippen LogP contribution < -0.4 is 0 Å². The molecule has 0 fully saturated rings. The van der Waals surface area contributed by atoms with Crippen molar-refractivity contribution < 1.29 is 0 Å². The number of nitrogens with zero attached hydrogens (tertiary/aromatic N) is 3. The molecular weight excluding hydrogens is 1160 g/mol. The maximum Gasteiger partial charge on any atom is 0.0935 e. The maximum atomic E-state index is 4.45. The SMILES string of the molecule is CC(C)c1ccccc1.CC(c1ccccc1)c1ccc2ccccc2c1.CC(c1ccccc1)c1ccccc1.CC(c1ccccc1)c1ccccn1.CCc1ccc2ccccc2c1.CCc1ccccc1.CCc1ccccn1.CCc1nc2ccccc2s1. The molecule has 4 heteroatoms. The smallest absolute Gasteiger partial charge is 0.0935 e. The van der Waals surface area contributed by atoms with Crippen molar-refractivity contribution in [3.8, 4) is 0 Å². The molecule has 0 N–H and O–H groups in total.